The first kappa shape index (κ1) is 19.9. The number of hydrogen-bond acceptors (Lipinski definition) is 7. The van der Waals surface area contributed by atoms with Gasteiger partial charge >= 0.3 is 0 Å². The largest absolute Gasteiger partial charge is 0.496 e. The summed E-state index contributed by atoms with van der Waals surface area (Å²) >= 11 is 0. The van der Waals surface area contributed by atoms with Crippen molar-refractivity contribution in [3.8, 4) is 16.9 Å². The summed E-state index contributed by atoms with van der Waals surface area (Å²) in [6.07, 6.45) is 3.26. The zero-order valence-electron chi connectivity index (χ0n) is 18.4. The van der Waals surface area contributed by atoms with Crippen LogP contribution in [0.1, 0.15) is 33.3 Å². The van der Waals surface area contributed by atoms with Crippen LogP contribution in [0.15, 0.2) is 41.2 Å². The van der Waals surface area contributed by atoms with E-state index in [-0.39, 0.29) is 5.78 Å². The number of carbonyl (C=O) groups is 1. The summed E-state index contributed by atoms with van der Waals surface area (Å²) in [7, 11) is 3.46. The fourth-order valence-corrected chi connectivity index (χ4v) is 4.09. The molecule has 0 radical (unpaired) electrons. The molecule has 4 aromatic heterocycles. The second-order valence-electron chi connectivity index (χ2n) is 7.77. The van der Waals surface area contributed by atoms with Gasteiger partial charge in [-0.1, -0.05) is 5.16 Å². The number of benzene rings is 1. The molecule has 0 atom stereocenters. The third-order valence-electron chi connectivity index (χ3n) is 5.70. The number of nitrogens with zero attached hydrogens (tertiary/aromatic N) is 5. The second kappa shape index (κ2) is 7.26. The van der Waals surface area contributed by atoms with E-state index >= 15 is 0 Å². The molecule has 8 heteroatoms. The van der Waals surface area contributed by atoms with E-state index in [1.165, 1.54) is 0 Å². The molecule has 0 bridgehead atoms. The molecule has 5 aromatic rings. The van der Waals surface area contributed by atoms with Gasteiger partial charge in [-0.05, 0) is 45.0 Å². The van der Waals surface area contributed by atoms with Crippen LogP contribution in [0.2, 0.25) is 0 Å². The van der Waals surface area contributed by atoms with Crippen molar-refractivity contribution in [2.24, 2.45) is 7.05 Å². The highest BCUT2D eigenvalue weighted by atomic mass is 16.5. The van der Waals surface area contributed by atoms with Gasteiger partial charge in [0, 0.05) is 35.5 Å². The van der Waals surface area contributed by atoms with Crippen molar-refractivity contribution in [3.63, 3.8) is 0 Å². The summed E-state index contributed by atoms with van der Waals surface area (Å²) in [5.74, 6) is 1.51. The number of ether oxygens (including phenoxy) is 1. The highest BCUT2D eigenvalue weighted by Gasteiger charge is 2.22. The quantitative estimate of drug-likeness (QED) is 0.394. The Morgan fingerprint density at radius 3 is 2.53 bits per heavy atom. The molecule has 0 N–H and O–H groups in total. The lowest BCUT2D eigenvalue weighted by Crippen LogP contribution is -2.09. The van der Waals surface area contributed by atoms with Crippen molar-refractivity contribution in [3.05, 3.63) is 65.2 Å². The Balaban J connectivity index is 1.73. The first-order valence-corrected chi connectivity index (χ1v) is 10.1. The van der Waals surface area contributed by atoms with Gasteiger partial charge in [0.05, 0.1) is 35.6 Å². The number of fused-ring (bicyclic) bond motifs is 3. The maximum atomic E-state index is 13.1. The van der Waals surface area contributed by atoms with Crippen LogP contribution in [-0.2, 0) is 7.05 Å². The summed E-state index contributed by atoms with van der Waals surface area (Å²) in [4.78, 5) is 26.5. The molecule has 0 saturated heterocycles. The van der Waals surface area contributed by atoms with Gasteiger partial charge in [0.1, 0.15) is 17.0 Å². The smallest absolute Gasteiger partial charge is 0.230 e. The summed E-state index contributed by atoms with van der Waals surface area (Å²) in [5, 5.41) is 4.90. The van der Waals surface area contributed by atoms with Gasteiger partial charge in [0.15, 0.2) is 5.82 Å². The molecular formula is C24H21N5O3. The first-order valence-electron chi connectivity index (χ1n) is 10.1. The number of rotatable bonds is 4. The van der Waals surface area contributed by atoms with Crippen LogP contribution in [0.25, 0.3) is 33.1 Å². The van der Waals surface area contributed by atoms with Gasteiger partial charge < -0.3 is 13.8 Å². The van der Waals surface area contributed by atoms with E-state index in [1.807, 2.05) is 46.0 Å². The molecule has 32 heavy (non-hydrogen) atoms. The average molecular weight is 427 g/mol. The van der Waals surface area contributed by atoms with E-state index in [0.717, 1.165) is 38.9 Å². The molecule has 0 aliphatic carbocycles. The van der Waals surface area contributed by atoms with E-state index < -0.39 is 0 Å². The Hall–Kier alpha value is -4.07. The van der Waals surface area contributed by atoms with Crippen LogP contribution in [0.4, 0.5) is 0 Å². The monoisotopic (exact) mass is 427 g/mol. The molecule has 0 aliphatic rings. The fraction of sp³-hybridized carbons (Fsp3) is 0.208. The highest BCUT2D eigenvalue weighted by molar-refractivity contribution is 6.11. The molecule has 160 valence electrons. The van der Waals surface area contributed by atoms with Crippen LogP contribution in [-0.4, -0.2) is 37.6 Å². The van der Waals surface area contributed by atoms with Crippen LogP contribution >= 0.6 is 0 Å². The Bertz CT molecular complexity index is 1490. The average Bonchev–Trinajstić information content (AvgIpc) is 3.31. The maximum Gasteiger partial charge on any atom is 0.230 e. The molecule has 0 aliphatic heterocycles. The fourth-order valence-electron chi connectivity index (χ4n) is 4.09. The van der Waals surface area contributed by atoms with E-state index in [4.69, 9.17) is 9.26 Å². The van der Waals surface area contributed by atoms with Crippen LogP contribution in [0.3, 0.4) is 0 Å². The highest BCUT2D eigenvalue weighted by Crippen LogP contribution is 2.39. The van der Waals surface area contributed by atoms with Crippen molar-refractivity contribution in [1.82, 2.24) is 24.7 Å². The number of carbonyl (C=O) groups excluding carboxylic acids is 1. The zero-order chi connectivity index (χ0) is 22.6. The third-order valence-corrected chi connectivity index (χ3v) is 5.70. The minimum atomic E-state index is -0.191. The van der Waals surface area contributed by atoms with Gasteiger partial charge in [-0.2, -0.15) is 0 Å². The maximum absolute atomic E-state index is 13.1. The van der Waals surface area contributed by atoms with Crippen molar-refractivity contribution >= 4 is 27.7 Å². The predicted molar refractivity (Wildman–Crippen MR) is 120 cm³/mol. The van der Waals surface area contributed by atoms with Gasteiger partial charge in [-0.15, -0.1) is 0 Å². The van der Waals surface area contributed by atoms with Crippen LogP contribution in [0, 0.1) is 20.8 Å². The van der Waals surface area contributed by atoms with E-state index in [0.29, 0.717) is 28.4 Å². The van der Waals surface area contributed by atoms with Crippen molar-refractivity contribution < 1.29 is 14.1 Å². The van der Waals surface area contributed by atoms with Gasteiger partial charge in [0.2, 0.25) is 5.78 Å². The van der Waals surface area contributed by atoms with Crippen molar-refractivity contribution in [2.45, 2.75) is 20.8 Å². The molecule has 0 spiro atoms. The van der Waals surface area contributed by atoms with Crippen molar-refractivity contribution in [1.29, 1.82) is 0 Å². The molecule has 0 fully saturated rings. The molecule has 0 amide bonds. The number of methoxy groups -OCH3 is 1. The predicted octanol–water partition coefficient (Wildman–Crippen LogP) is 4.34. The third kappa shape index (κ3) is 2.95. The Morgan fingerprint density at radius 2 is 1.88 bits per heavy atom. The van der Waals surface area contributed by atoms with Crippen molar-refractivity contribution in [2.75, 3.05) is 7.11 Å². The minimum Gasteiger partial charge on any atom is -0.496 e. The Morgan fingerprint density at radius 1 is 1.06 bits per heavy atom. The molecular weight excluding hydrogens is 406 g/mol. The number of aryl methyl sites for hydroxylation is 4. The lowest BCUT2D eigenvalue weighted by Gasteiger charge is -2.11. The molecule has 5 rings (SSSR count). The zero-order valence-corrected chi connectivity index (χ0v) is 18.4. The summed E-state index contributed by atoms with van der Waals surface area (Å²) in [6.45, 7) is 5.64. The molecule has 4 heterocycles. The van der Waals surface area contributed by atoms with Crippen LogP contribution < -0.4 is 4.74 Å². The molecule has 8 nitrogen and oxygen atoms in total. The standard InChI is InChI=1S/C24H21N5O3/c1-12-6-7-15(10-25-12)23(30)24-27-19-11-26-18-8-17(21-13(2)28-32-14(21)3)20(31-5)9-16(18)22(19)29(24)4/h6-11H,1-5H3. The van der Waals surface area contributed by atoms with Crippen LogP contribution in [0.5, 0.6) is 5.75 Å². The topological polar surface area (TPSA) is 95.9 Å². The number of pyridine rings is 2. The number of ketones is 1. The number of imidazole rings is 1. The van der Waals surface area contributed by atoms with E-state index in [1.54, 1.807) is 30.1 Å². The summed E-state index contributed by atoms with van der Waals surface area (Å²) in [5.41, 5.74) is 6.06. The van der Waals surface area contributed by atoms with Gasteiger partial charge in [-0.25, -0.2) is 4.98 Å². The minimum absolute atomic E-state index is 0.191. The molecule has 0 unspecified atom stereocenters. The Labute approximate surface area is 183 Å². The summed E-state index contributed by atoms with van der Waals surface area (Å²) < 4.78 is 12.9. The second-order valence-corrected chi connectivity index (χ2v) is 7.77. The Kier molecular flexibility index (Phi) is 4.51. The summed E-state index contributed by atoms with van der Waals surface area (Å²) in [6, 6.07) is 7.46. The lowest BCUT2D eigenvalue weighted by molar-refractivity contribution is 0.102. The first-order chi connectivity index (χ1) is 15.4. The lowest BCUT2D eigenvalue weighted by atomic mass is 10.0. The number of aromatic nitrogens is 5. The molecule has 1 aromatic carbocycles. The SMILES string of the molecule is COc1cc2c(cc1-c1c(C)noc1C)ncc1nc(C(=O)c3ccc(C)nc3)n(C)c12. The normalized spacial score (nSPS) is 11.4. The van der Waals surface area contributed by atoms with E-state index in [9.17, 15) is 4.79 Å². The van der Waals surface area contributed by atoms with E-state index in [2.05, 4.69) is 20.1 Å². The van der Waals surface area contributed by atoms with Gasteiger partial charge in [-0.3, -0.25) is 14.8 Å². The number of hydrogen-bond donors (Lipinski definition) is 0. The molecule has 0 saturated carbocycles. The van der Waals surface area contributed by atoms with Gasteiger partial charge in [0.25, 0.3) is 0 Å².